The van der Waals surface area contributed by atoms with Crippen LogP contribution in [-0.2, 0) is 14.2 Å². The van der Waals surface area contributed by atoms with E-state index in [9.17, 15) is 0 Å². The molecule has 1 heterocycles. The Labute approximate surface area is 109 Å². The molecule has 0 radical (unpaired) electrons. The van der Waals surface area contributed by atoms with Gasteiger partial charge < -0.3 is 14.2 Å². The van der Waals surface area contributed by atoms with E-state index >= 15 is 0 Å². The predicted octanol–water partition coefficient (Wildman–Crippen LogP) is 2.66. The van der Waals surface area contributed by atoms with E-state index in [1.54, 1.807) is 0 Å². The lowest BCUT2D eigenvalue weighted by atomic mass is 9.94. The van der Waals surface area contributed by atoms with E-state index in [2.05, 4.69) is 12.5 Å². The molecule has 0 N–H and O–H groups in total. The molecule has 3 heteroatoms. The average molecular weight is 250 g/mol. The Morgan fingerprint density at radius 1 is 1.44 bits per heavy atom. The van der Waals surface area contributed by atoms with E-state index < -0.39 is 0 Å². The zero-order chi connectivity index (χ0) is 12.8. The molecule has 1 saturated heterocycles. The third kappa shape index (κ3) is 3.14. The van der Waals surface area contributed by atoms with Gasteiger partial charge in [-0.2, -0.15) is 0 Å². The zero-order valence-electron chi connectivity index (χ0n) is 10.9. The first-order valence-corrected chi connectivity index (χ1v) is 6.77. The molecule has 100 valence electrons. The number of ether oxygens (including phenoxy) is 3. The summed E-state index contributed by atoms with van der Waals surface area (Å²) in [5, 5.41) is 0. The van der Waals surface area contributed by atoms with Crippen LogP contribution in [-0.4, -0.2) is 31.2 Å². The first kappa shape index (κ1) is 13.6. The summed E-state index contributed by atoms with van der Waals surface area (Å²) in [6, 6.07) is 0. The van der Waals surface area contributed by atoms with Crippen molar-refractivity contribution >= 4 is 0 Å². The quantitative estimate of drug-likeness (QED) is 0.554. The molecule has 0 amide bonds. The molecular weight excluding hydrogens is 228 g/mol. The maximum absolute atomic E-state index is 6.14. The van der Waals surface area contributed by atoms with Gasteiger partial charge in [0, 0.05) is 12.8 Å². The van der Waals surface area contributed by atoms with Gasteiger partial charge in [-0.3, -0.25) is 0 Å². The maximum atomic E-state index is 6.14. The molecule has 2 atom stereocenters. The van der Waals surface area contributed by atoms with Crippen molar-refractivity contribution in [3.8, 4) is 12.3 Å². The minimum absolute atomic E-state index is 0.0190. The SMILES string of the molecule is C#CCO[C@@H](CC=C)[C@H]1COC2(CCCCC2)O1. The molecule has 2 aliphatic rings. The summed E-state index contributed by atoms with van der Waals surface area (Å²) < 4.78 is 17.7. The van der Waals surface area contributed by atoms with Gasteiger partial charge in [-0.15, -0.1) is 13.0 Å². The van der Waals surface area contributed by atoms with Gasteiger partial charge in [-0.1, -0.05) is 18.4 Å². The van der Waals surface area contributed by atoms with Crippen LogP contribution in [0.3, 0.4) is 0 Å². The van der Waals surface area contributed by atoms with Crippen LogP contribution >= 0.6 is 0 Å². The minimum Gasteiger partial charge on any atom is -0.362 e. The Morgan fingerprint density at radius 2 is 2.22 bits per heavy atom. The standard InChI is InChI=1S/C15H22O3/c1-3-8-13(16-11-4-2)14-12-17-15(18-14)9-6-5-7-10-15/h2-3,13-14H,1,5-12H2/t13-,14+/m0/s1. The molecule has 2 fully saturated rings. The molecule has 1 spiro atoms. The Hall–Kier alpha value is -0.820. The third-order valence-corrected chi connectivity index (χ3v) is 3.69. The van der Waals surface area contributed by atoms with Crippen LogP contribution in [0.4, 0.5) is 0 Å². The van der Waals surface area contributed by atoms with Gasteiger partial charge in [0.1, 0.15) is 12.7 Å². The van der Waals surface area contributed by atoms with Crippen LogP contribution in [0.5, 0.6) is 0 Å². The van der Waals surface area contributed by atoms with Gasteiger partial charge >= 0.3 is 0 Å². The Morgan fingerprint density at radius 3 is 2.89 bits per heavy atom. The molecule has 18 heavy (non-hydrogen) atoms. The van der Waals surface area contributed by atoms with Gasteiger partial charge in [-0.25, -0.2) is 0 Å². The van der Waals surface area contributed by atoms with Crippen molar-refractivity contribution in [1.82, 2.24) is 0 Å². The third-order valence-electron chi connectivity index (χ3n) is 3.69. The fourth-order valence-electron chi connectivity index (χ4n) is 2.76. The van der Waals surface area contributed by atoms with Crippen molar-refractivity contribution in [2.45, 2.75) is 56.5 Å². The molecule has 0 bridgehead atoms. The van der Waals surface area contributed by atoms with E-state index in [1.807, 2.05) is 6.08 Å². The highest BCUT2D eigenvalue weighted by Gasteiger charge is 2.44. The highest BCUT2D eigenvalue weighted by molar-refractivity contribution is 4.90. The monoisotopic (exact) mass is 250 g/mol. The van der Waals surface area contributed by atoms with Crippen LogP contribution in [0, 0.1) is 12.3 Å². The van der Waals surface area contributed by atoms with E-state index in [-0.39, 0.29) is 18.0 Å². The lowest BCUT2D eigenvalue weighted by Gasteiger charge is -2.32. The highest BCUT2D eigenvalue weighted by atomic mass is 16.8. The van der Waals surface area contributed by atoms with Crippen LogP contribution in [0.15, 0.2) is 12.7 Å². The van der Waals surface area contributed by atoms with Gasteiger partial charge in [0.15, 0.2) is 5.79 Å². The van der Waals surface area contributed by atoms with Crippen LogP contribution < -0.4 is 0 Å². The number of rotatable bonds is 5. The normalized spacial score (nSPS) is 27.8. The number of hydrogen-bond acceptors (Lipinski definition) is 3. The topological polar surface area (TPSA) is 27.7 Å². The molecule has 0 aromatic rings. The molecule has 1 aliphatic heterocycles. The second-order valence-electron chi connectivity index (χ2n) is 5.02. The lowest BCUT2D eigenvalue weighted by molar-refractivity contribution is -0.197. The fraction of sp³-hybridized carbons (Fsp3) is 0.733. The average Bonchev–Trinajstić information content (AvgIpc) is 2.79. The Bertz CT molecular complexity index is 312. The molecule has 0 aromatic carbocycles. The first-order valence-electron chi connectivity index (χ1n) is 6.77. The summed E-state index contributed by atoms with van der Waals surface area (Å²) in [6.45, 7) is 4.67. The highest BCUT2D eigenvalue weighted by Crippen LogP contribution is 2.39. The van der Waals surface area contributed by atoms with Crippen LogP contribution in [0.25, 0.3) is 0 Å². The van der Waals surface area contributed by atoms with Crippen LogP contribution in [0.2, 0.25) is 0 Å². The Balaban J connectivity index is 1.92. The fourth-order valence-corrected chi connectivity index (χ4v) is 2.76. The van der Waals surface area contributed by atoms with Gasteiger partial charge in [0.2, 0.25) is 0 Å². The largest absolute Gasteiger partial charge is 0.362 e. The summed E-state index contributed by atoms with van der Waals surface area (Å²) in [5.41, 5.74) is 0. The van der Waals surface area contributed by atoms with E-state index in [4.69, 9.17) is 20.6 Å². The molecule has 0 aromatic heterocycles. The molecular formula is C15H22O3. The van der Waals surface area contributed by atoms with Gasteiger partial charge in [0.25, 0.3) is 0 Å². The summed E-state index contributed by atoms with van der Waals surface area (Å²) >= 11 is 0. The van der Waals surface area contributed by atoms with E-state index in [0.717, 1.165) is 19.3 Å². The summed E-state index contributed by atoms with van der Waals surface area (Å²) in [5.74, 6) is 2.15. The summed E-state index contributed by atoms with van der Waals surface area (Å²) in [4.78, 5) is 0. The smallest absolute Gasteiger partial charge is 0.169 e. The molecule has 0 unspecified atom stereocenters. The molecule has 1 aliphatic carbocycles. The minimum atomic E-state index is -0.345. The number of terminal acetylenes is 1. The van der Waals surface area contributed by atoms with Crippen molar-refractivity contribution in [2.75, 3.05) is 13.2 Å². The first-order chi connectivity index (χ1) is 8.79. The lowest BCUT2D eigenvalue weighted by Crippen LogP contribution is -2.36. The second kappa shape index (κ2) is 6.38. The van der Waals surface area contributed by atoms with E-state index in [1.165, 1.54) is 19.3 Å². The number of hydrogen-bond donors (Lipinski definition) is 0. The molecule has 2 rings (SSSR count). The van der Waals surface area contributed by atoms with Crippen molar-refractivity contribution in [2.24, 2.45) is 0 Å². The zero-order valence-corrected chi connectivity index (χ0v) is 10.9. The maximum Gasteiger partial charge on any atom is 0.169 e. The molecule has 1 saturated carbocycles. The Kier molecular flexibility index (Phi) is 4.82. The van der Waals surface area contributed by atoms with Crippen molar-refractivity contribution in [3.63, 3.8) is 0 Å². The predicted molar refractivity (Wildman–Crippen MR) is 70.0 cm³/mol. The molecule has 3 nitrogen and oxygen atoms in total. The van der Waals surface area contributed by atoms with Crippen molar-refractivity contribution in [3.05, 3.63) is 12.7 Å². The van der Waals surface area contributed by atoms with E-state index in [0.29, 0.717) is 13.2 Å². The second-order valence-corrected chi connectivity index (χ2v) is 5.02. The summed E-state index contributed by atoms with van der Waals surface area (Å²) in [6.07, 6.45) is 13.4. The van der Waals surface area contributed by atoms with Gasteiger partial charge in [-0.05, 0) is 19.3 Å². The van der Waals surface area contributed by atoms with Crippen LogP contribution in [0.1, 0.15) is 38.5 Å². The van der Waals surface area contributed by atoms with Crippen molar-refractivity contribution < 1.29 is 14.2 Å². The summed E-state index contributed by atoms with van der Waals surface area (Å²) in [7, 11) is 0. The van der Waals surface area contributed by atoms with Gasteiger partial charge in [0.05, 0.1) is 12.7 Å². The van der Waals surface area contributed by atoms with Crippen molar-refractivity contribution in [1.29, 1.82) is 0 Å².